The van der Waals surface area contributed by atoms with Gasteiger partial charge in [-0.05, 0) is 6.42 Å². The van der Waals surface area contributed by atoms with Crippen LogP contribution in [0.25, 0.3) is 0 Å². The van der Waals surface area contributed by atoms with E-state index in [0.29, 0.717) is 59.2 Å². The van der Waals surface area contributed by atoms with Crippen LogP contribution >= 0.6 is 0 Å². The monoisotopic (exact) mass is 429 g/mol. The number of amides is 4. The number of imide groups is 1. The summed E-state index contributed by atoms with van der Waals surface area (Å²) in [6.07, 6.45) is 3.08. The first-order valence-electron chi connectivity index (χ1n) is 9.83. The van der Waals surface area contributed by atoms with E-state index in [4.69, 9.17) is 18.9 Å². The van der Waals surface area contributed by atoms with Gasteiger partial charge in [0.25, 0.3) is 11.8 Å². The first kappa shape index (κ1) is 25.7. The highest BCUT2D eigenvalue weighted by atomic mass is 16.5. The molecule has 1 rings (SSSR count). The van der Waals surface area contributed by atoms with Gasteiger partial charge >= 0.3 is 0 Å². The summed E-state index contributed by atoms with van der Waals surface area (Å²) in [4.78, 5) is 46.9. The number of carbonyl (C=O) groups is 4. The minimum atomic E-state index is -0.342. The molecule has 170 valence electrons. The zero-order chi connectivity index (χ0) is 22.0. The third-order valence-corrected chi connectivity index (χ3v) is 3.86. The highest BCUT2D eigenvalue weighted by Crippen LogP contribution is 2.05. The number of carbonyl (C=O) groups excluding carboxylic acids is 4. The maximum Gasteiger partial charge on any atom is 0.253 e. The van der Waals surface area contributed by atoms with Gasteiger partial charge in [0.1, 0.15) is 6.61 Å². The van der Waals surface area contributed by atoms with Crippen molar-refractivity contribution in [2.75, 3.05) is 73.0 Å². The second-order valence-corrected chi connectivity index (χ2v) is 6.24. The molecule has 11 heteroatoms. The highest BCUT2D eigenvalue weighted by molar-refractivity contribution is 6.12. The number of nitrogens with one attached hydrogen (secondary N) is 2. The molecule has 0 atom stereocenters. The van der Waals surface area contributed by atoms with Crippen LogP contribution in [0.4, 0.5) is 0 Å². The van der Waals surface area contributed by atoms with E-state index in [1.165, 1.54) is 12.2 Å². The number of rotatable bonds is 18. The second kappa shape index (κ2) is 16.5. The lowest BCUT2D eigenvalue weighted by atomic mass is 10.3. The molecule has 1 aliphatic rings. The minimum Gasteiger partial charge on any atom is -0.382 e. The van der Waals surface area contributed by atoms with Gasteiger partial charge in [-0.3, -0.25) is 24.1 Å². The molecule has 0 saturated carbocycles. The molecule has 0 aromatic carbocycles. The lowest BCUT2D eigenvalue weighted by molar-refractivity contribution is -0.137. The van der Waals surface area contributed by atoms with Gasteiger partial charge in [0.15, 0.2) is 0 Å². The fraction of sp³-hybridized carbons (Fsp3) is 0.684. The average molecular weight is 429 g/mol. The van der Waals surface area contributed by atoms with Crippen LogP contribution in [-0.2, 0) is 38.1 Å². The fourth-order valence-corrected chi connectivity index (χ4v) is 2.34. The zero-order valence-electron chi connectivity index (χ0n) is 17.4. The van der Waals surface area contributed by atoms with Crippen molar-refractivity contribution in [3.05, 3.63) is 12.2 Å². The van der Waals surface area contributed by atoms with Crippen molar-refractivity contribution in [2.24, 2.45) is 0 Å². The van der Waals surface area contributed by atoms with Crippen LogP contribution in [-0.4, -0.2) is 102 Å². The molecule has 0 saturated heterocycles. The number of ether oxygens (including phenoxy) is 4. The van der Waals surface area contributed by atoms with E-state index < -0.39 is 0 Å². The van der Waals surface area contributed by atoms with Crippen molar-refractivity contribution in [2.45, 2.75) is 12.8 Å². The van der Waals surface area contributed by atoms with Gasteiger partial charge in [-0.2, -0.15) is 0 Å². The SMILES string of the molecule is COCCOCC(=O)NCCOCCOCCNC(=O)CCCN1C(=O)C=CC1=O. The lowest BCUT2D eigenvalue weighted by Crippen LogP contribution is -2.32. The Morgan fingerprint density at radius 2 is 1.40 bits per heavy atom. The van der Waals surface area contributed by atoms with Crippen molar-refractivity contribution in [3.8, 4) is 0 Å². The number of hydrogen-bond acceptors (Lipinski definition) is 8. The summed E-state index contributed by atoms with van der Waals surface area (Å²) in [6, 6.07) is 0. The van der Waals surface area contributed by atoms with Crippen molar-refractivity contribution in [1.29, 1.82) is 0 Å². The van der Waals surface area contributed by atoms with E-state index in [1.807, 2.05) is 0 Å². The molecule has 11 nitrogen and oxygen atoms in total. The average Bonchev–Trinajstić information content (AvgIpc) is 3.04. The zero-order valence-corrected chi connectivity index (χ0v) is 17.4. The standard InChI is InChI=1S/C19H31N3O8/c1-27-11-12-30-15-17(24)21-7-10-29-14-13-28-9-6-20-16(23)3-2-8-22-18(25)4-5-19(22)26/h4-5H,2-3,6-15H2,1H3,(H,20,23)(H,21,24). The molecule has 0 bridgehead atoms. The number of hydrogen-bond donors (Lipinski definition) is 2. The molecule has 0 unspecified atom stereocenters. The summed E-state index contributed by atoms with van der Waals surface area (Å²) in [7, 11) is 1.56. The van der Waals surface area contributed by atoms with Crippen LogP contribution in [0.1, 0.15) is 12.8 Å². The lowest BCUT2D eigenvalue weighted by Gasteiger charge is -2.13. The molecular formula is C19H31N3O8. The summed E-state index contributed by atoms with van der Waals surface area (Å²) in [5.41, 5.74) is 0. The minimum absolute atomic E-state index is 0.0100. The molecule has 1 heterocycles. The molecule has 0 aliphatic carbocycles. The summed E-state index contributed by atoms with van der Waals surface area (Å²) in [5.74, 6) is -1.06. The van der Waals surface area contributed by atoms with Crippen LogP contribution in [0.2, 0.25) is 0 Å². The van der Waals surface area contributed by atoms with Crippen molar-refractivity contribution in [1.82, 2.24) is 15.5 Å². The third kappa shape index (κ3) is 12.3. The van der Waals surface area contributed by atoms with E-state index in [2.05, 4.69) is 10.6 Å². The Kier molecular flexibility index (Phi) is 14.1. The van der Waals surface area contributed by atoms with Crippen LogP contribution in [0.3, 0.4) is 0 Å². The summed E-state index contributed by atoms with van der Waals surface area (Å²) in [6.45, 7) is 3.23. The predicted molar refractivity (Wildman–Crippen MR) is 105 cm³/mol. The van der Waals surface area contributed by atoms with Crippen molar-refractivity contribution < 1.29 is 38.1 Å². The number of nitrogens with zero attached hydrogens (tertiary/aromatic N) is 1. The Hall–Kier alpha value is -2.34. The fourth-order valence-electron chi connectivity index (χ4n) is 2.34. The summed E-state index contributed by atoms with van der Waals surface area (Å²) >= 11 is 0. The molecule has 4 amide bonds. The van der Waals surface area contributed by atoms with Crippen LogP contribution in [0, 0.1) is 0 Å². The third-order valence-electron chi connectivity index (χ3n) is 3.86. The van der Waals surface area contributed by atoms with Gasteiger partial charge in [0, 0.05) is 45.3 Å². The van der Waals surface area contributed by atoms with E-state index in [0.717, 1.165) is 4.90 Å². The van der Waals surface area contributed by atoms with Gasteiger partial charge in [0.2, 0.25) is 11.8 Å². The largest absolute Gasteiger partial charge is 0.382 e. The van der Waals surface area contributed by atoms with Crippen LogP contribution < -0.4 is 10.6 Å². The quantitative estimate of drug-likeness (QED) is 0.201. The summed E-state index contributed by atoms with van der Waals surface area (Å²) < 4.78 is 20.5. The molecular weight excluding hydrogens is 398 g/mol. The molecule has 0 radical (unpaired) electrons. The Labute approximate surface area is 176 Å². The molecule has 1 aliphatic heterocycles. The molecule has 0 aromatic heterocycles. The smallest absolute Gasteiger partial charge is 0.253 e. The first-order valence-corrected chi connectivity index (χ1v) is 9.83. The van der Waals surface area contributed by atoms with Crippen LogP contribution in [0.15, 0.2) is 12.2 Å². The van der Waals surface area contributed by atoms with E-state index >= 15 is 0 Å². The molecule has 30 heavy (non-hydrogen) atoms. The topological polar surface area (TPSA) is 132 Å². The van der Waals surface area contributed by atoms with Gasteiger partial charge in [0.05, 0.1) is 39.6 Å². The van der Waals surface area contributed by atoms with Gasteiger partial charge in [-0.1, -0.05) is 0 Å². The molecule has 0 spiro atoms. The Balaban J connectivity index is 1.83. The Morgan fingerprint density at radius 1 is 0.833 bits per heavy atom. The van der Waals surface area contributed by atoms with Crippen molar-refractivity contribution >= 4 is 23.6 Å². The van der Waals surface area contributed by atoms with Crippen LogP contribution in [0.5, 0.6) is 0 Å². The highest BCUT2D eigenvalue weighted by Gasteiger charge is 2.22. The van der Waals surface area contributed by atoms with Gasteiger partial charge < -0.3 is 29.6 Å². The maximum absolute atomic E-state index is 11.7. The van der Waals surface area contributed by atoms with Crippen molar-refractivity contribution in [3.63, 3.8) is 0 Å². The second-order valence-electron chi connectivity index (χ2n) is 6.24. The van der Waals surface area contributed by atoms with E-state index in [9.17, 15) is 19.2 Å². The first-order chi connectivity index (χ1) is 14.5. The number of methoxy groups -OCH3 is 1. The molecule has 2 N–H and O–H groups in total. The molecule has 0 aromatic rings. The van der Waals surface area contributed by atoms with E-state index in [-0.39, 0.29) is 43.2 Å². The molecule has 0 fully saturated rings. The van der Waals surface area contributed by atoms with E-state index in [1.54, 1.807) is 7.11 Å². The van der Waals surface area contributed by atoms with Gasteiger partial charge in [-0.25, -0.2) is 0 Å². The normalized spacial score (nSPS) is 13.2. The Morgan fingerprint density at radius 3 is 2.00 bits per heavy atom. The predicted octanol–water partition coefficient (Wildman–Crippen LogP) is -1.38. The maximum atomic E-state index is 11.7. The summed E-state index contributed by atoms with van der Waals surface area (Å²) in [5, 5.41) is 5.36. The Bertz CT molecular complexity index is 564. The van der Waals surface area contributed by atoms with Gasteiger partial charge in [-0.15, -0.1) is 0 Å².